The zero-order chi connectivity index (χ0) is 11.5. The van der Waals surface area contributed by atoms with E-state index < -0.39 is 0 Å². The van der Waals surface area contributed by atoms with Crippen LogP contribution in [0.1, 0.15) is 25.3 Å². The van der Waals surface area contributed by atoms with E-state index in [1.54, 1.807) is 0 Å². The Morgan fingerprint density at radius 3 is 2.12 bits per heavy atom. The molecule has 0 spiro atoms. The van der Waals surface area contributed by atoms with Crippen molar-refractivity contribution in [2.75, 3.05) is 19.0 Å². The number of rotatable bonds is 2. The highest BCUT2D eigenvalue weighted by Crippen LogP contribution is 2.27. The summed E-state index contributed by atoms with van der Waals surface area (Å²) in [5, 5.41) is 0. The van der Waals surface area contributed by atoms with Gasteiger partial charge in [-0.25, -0.2) is 0 Å². The Hall–Kier alpha value is -1.50. The molecule has 0 amide bonds. The van der Waals surface area contributed by atoms with Crippen molar-refractivity contribution < 1.29 is 0 Å². The molecule has 0 unspecified atom stereocenters. The molecule has 0 saturated carbocycles. The van der Waals surface area contributed by atoms with Crippen LogP contribution in [0.2, 0.25) is 0 Å². The average Bonchev–Trinajstić information content (AvgIpc) is 2.30. The van der Waals surface area contributed by atoms with Crippen LogP contribution in [0.4, 0.5) is 5.69 Å². The van der Waals surface area contributed by atoms with E-state index in [0.717, 1.165) is 0 Å². The molecule has 0 atom stereocenters. The van der Waals surface area contributed by atoms with E-state index in [1.165, 1.54) is 35.2 Å². The number of nitrogens with zero attached hydrogens (tertiary/aromatic N) is 1. The number of benzene rings is 1. The standard InChI is InChI=1S/C15H19N/c1-12-4-6-13(7-5-12)14-8-10-15(11-9-14)16(2)3/h4,6,8-11H,5,7H2,1-3H3. The van der Waals surface area contributed by atoms with E-state index in [4.69, 9.17) is 0 Å². The number of hydrogen-bond donors (Lipinski definition) is 0. The van der Waals surface area contributed by atoms with Crippen LogP contribution in [-0.2, 0) is 0 Å². The van der Waals surface area contributed by atoms with Crippen LogP contribution in [0.5, 0.6) is 0 Å². The molecule has 1 nitrogen and oxygen atoms in total. The van der Waals surface area contributed by atoms with Gasteiger partial charge < -0.3 is 4.90 Å². The van der Waals surface area contributed by atoms with Crippen molar-refractivity contribution in [3.63, 3.8) is 0 Å². The fourth-order valence-electron chi connectivity index (χ4n) is 1.96. The van der Waals surface area contributed by atoms with Gasteiger partial charge >= 0.3 is 0 Å². The highest BCUT2D eigenvalue weighted by molar-refractivity contribution is 5.70. The number of allylic oxidation sites excluding steroid dienone is 4. The molecular weight excluding hydrogens is 194 g/mol. The summed E-state index contributed by atoms with van der Waals surface area (Å²) in [7, 11) is 4.14. The maximum absolute atomic E-state index is 2.25. The van der Waals surface area contributed by atoms with Gasteiger partial charge in [0.1, 0.15) is 0 Å². The third-order valence-corrected chi connectivity index (χ3v) is 3.11. The summed E-state index contributed by atoms with van der Waals surface area (Å²) >= 11 is 0. The molecule has 1 aliphatic rings. The van der Waals surface area contributed by atoms with Gasteiger partial charge in [-0.1, -0.05) is 29.9 Å². The average molecular weight is 213 g/mol. The van der Waals surface area contributed by atoms with Crippen molar-refractivity contribution in [3.8, 4) is 0 Å². The molecule has 0 heterocycles. The van der Waals surface area contributed by atoms with E-state index in [9.17, 15) is 0 Å². The van der Waals surface area contributed by atoms with Crippen LogP contribution in [0.3, 0.4) is 0 Å². The SMILES string of the molecule is CC1=CC=C(c2ccc(N(C)C)cc2)CC1. The summed E-state index contributed by atoms with van der Waals surface area (Å²) in [6, 6.07) is 8.80. The highest BCUT2D eigenvalue weighted by atomic mass is 15.1. The van der Waals surface area contributed by atoms with Crippen molar-refractivity contribution in [2.45, 2.75) is 19.8 Å². The monoisotopic (exact) mass is 213 g/mol. The molecule has 2 rings (SSSR count). The summed E-state index contributed by atoms with van der Waals surface area (Å²) < 4.78 is 0. The molecule has 84 valence electrons. The quantitative estimate of drug-likeness (QED) is 0.720. The van der Waals surface area contributed by atoms with E-state index >= 15 is 0 Å². The third-order valence-electron chi connectivity index (χ3n) is 3.11. The smallest absolute Gasteiger partial charge is 0.0361 e. The van der Waals surface area contributed by atoms with Crippen LogP contribution in [0.15, 0.2) is 42.0 Å². The van der Waals surface area contributed by atoms with Gasteiger partial charge in [-0.05, 0) is 43.0 Å². The minimum Gasteiger partial charge on any atom is -0.378 e. The molecule has 16 heavy (non-hydrogen) atoms. The first kappa shape index (κ1) is 11.0. The molecule has 0 fully saturated rings. The van der Waals surface area contributed by atoms with Crippen molar-refractivity contribution in [2.24, 2.45) is 0 Å². The Morgan fingerprint density at radius 2 is 1.62 bits per heavy atom. The maximum atomic E-state index is 2.25. The molecule has 1 aliphatic carbocycles. The van der Waals surface area contributed by atoms with Gasteiger partial charge in [-0.15, -0.1) is 0 Å². The van der Waals surface area contributed by atoms with E-state index in [0.29, 0.717) is 0 Å². The predicted octanol–water partition coefficient (Wildman–Crippen LogP) is 3.88. The lowest BCUT2D eigenvalue weighted by Gasteiger charge is -2.15. The van der Waals surface area contributed by atoms with Crippen LogP contribution in [-0.4, -0.2) is 14.1 Å². The first-order valence-electron chi connectivity index (χ1n) is 5.81. The van der Waals surface area contributed by atoms with Gasteiger partial charge in [0.25, 0.3) is 0 Å². The summed E-state index contributed by atoms with van der Waals surface area (Å²) in [6.45, 7) is 2.20. The first-order chi connectivity index (χ1) is 7.66. The van der Waals surface area contributed by atoms with E-state index in [-0.39, 0.29) is 0 Å². The van der Waals surface area contributed by atoms with Crippen LogP contribution in [0, 0.1) is 0 Å². The van der Waals surface area contributed by atoms with Gasteiger partial charge in [0, 0.05) is 19.8 Å². The van der Waals surface area contributed by atoms with Crippen molar-refractivity contribution >= 4 is 11.3 Å². The minimum atomic E-state index is 1.17. The zero-order valence-corrected chi connectivity index (χ0v) is 10.3. The Labute approximate surface area is 98.1 Å². The van der Waals surface area contributed by atoms with Crippen LogP contribution in [0.25, 0.3) is 5.57 Å². The summed E-state index contributed by atoms with van der Waals surface area (Å²) in [5.41, 5.74) is 5.55. The highest BCUT2D eigenvalue weighted by Gasteiger charge is 2.05. The Bertz CT molecular complexity index is 421. The minimum absolute atomic E-state index is 1.17. The molecule has 0 radical (unpaired) electrons. The molecule has 1 aromatic rings. The van der Waals surface area contributed by atoms with Crippen LogP contribution >= 0.6 is 0 Å². The zero-order valence-electron chi connectivity index (χ0n) is 10.3. The number of anilines is 1. The Balaban J connectivity index is 2.22. The van der Waals surface area contributed by atoms with E-state index in [2.05, 4.69) is 62.3 Å². The maximum Gasteiger partial charge on any atom is 0.0361 e. The van der Waals surface area contributed by atoms with Crippen LogP contribution < -0.4 is 4.90 Å². The molecular formula is C15H19N. The molecule has 0 N–H and O–H groups in total. The molecule has 1 heteroatoms. The van der Waals surface area contributed by atoms with E-state index in [1.807, 2.05) is 0 Å². The fourth-order valence-corrected chi connectivity index (χ4v) is 1.96. The summed E-state index contributed by atoms with van der Waals surface area (Å²) in [4.78, 5) is 2.13. The van der Waals surface area contributed by atoms with Crippen molar-refractivity contribution in [1.82, 2.24) is 0 Å². The largest absolute Gasteiger partial charge is 0.378 e. The molecule has 1 aromatic carbocycles. The van der Waals surface area contributed by atoms with Crippen molar-refractivity contribution in [3.05, 3.63) is 47.6 Å². The second kappa shape index (κ2) is 4.56. The lowest BCUT2D eigenvalue weighted by Crippen LogP contribution is -2.08. The fraction of sp³-hybridized carbons (Fsp3) is 0.333. The second-order valence-electron chi connectivity index (χ2n) is 4.65. The summed E-state index contributed by atoms with van der Waals surface area (Å²) in [6.07, 6.45) is 6.85. The topological polar surface area (TPSA) is 3.24 Å². The predicted molar refractivity (Wildman–Crippen MR) is 71.7 cm³/mol. The summed E-state index contributed by atoms with van der Waals surface area (Å²) in [5.74, 6) is 0. The molecule has 0 aromatic heterocycles. The Kier molecular flexibility index (Phi) is 3.14. The third kappa shape index (κ3) is 2.35. The van der Waals surface area contributed by atoms with Crippen molar-refractivity contribution in [1.29, 1.82) is 0 Å². The Morgan fingerprint density at radius 1 is 0.938 bits per heavy atom. The number of hydrogen-bond acceptors (Lipinski definition) is 1. The molecule has 0 bridgehead atoms. The van der Waals surface area contributed by atoms with Gasteiger partial charge in [-0.2, -0.15) is 0 Å². The lowest BCUT2D eigenvalue weighted by atomic mass is 9.94. The lowest BCUT2D eigenvalue weighted by molar-refractivity contribution is 0.977. The van der Waals surface area contributed by atoms with Gasteiger partial charge in [0.15, 0.2) is 0 Å². The second-order valence-corrected chi connectivity index (χ2v) is 4.65. The normalized spacial score (nSPS) is 15.4. The molecule has 0 aliphatic heterocycles. The van der Waals surface area contributed by atoms with Gasteiger partial charge in [-0.3, -0.25) is 0 Å². The van der Waals surface area contributed by atoms with Gasteiger partial charge in [0.2, 0.25) is 0 Å². The first-order valence-corrected chi connectivity index (χ1v) is 5.81. The molecule has 0 saturated heterocycles. The van der Waals surface area contributed by atoms with Gasteiger partial charge in [0.05, 0.1) is 0 Å².